The van der Waals surface area contributed by atoms with E-state index in [1.54, 1.807) is 5.57 Å². The van der Waals surface area contributed by atoms with Gasteiger partial charge in [0.05, 0.1) is 16.1 Å². The van der Waals surface area contributed by atoms with Gasteiger partial charge in [-0.2, -0.15) is 5.26 Å². The van der Waals surface area contributed by atoms with Gasteiger partial charge in [0.15, 0.2) is 0 Å². The second-order valence-electron chi connectivity index (χ2n) is 10.5. The monoisotopic (exact) mass is 431 g/mol. The van der Waals surface area contributed by atoms with Crippen molar-refractivity contribution in [3.63, 3.8) is 0 Å². The number of hydrogen-bond donors (Lipinski definition) is 0. The summed E-state index contributed by atoms with van der Waals surface area (Å²) in [7, 11) is 0. The Hall–Kier alpha value is -0.600. The van der Waals surface area contributed by atoms with Crippen molar-refractivity contribution in [2.24, 2.45) is 34.5 Å². The highest BCUT2D eigenvalue weighted by Gasteiger charge is 2.63. The number of hydrogen-bond acceptors (Lipinski definition) is 5. The lowest BCUT2D eigenvalue weighted by Crippen LogP contribution is -2.54. The second-order valence-corrected chi connectivity index (χ2v) is 13.7. The van der Waals surface area contributed by atoms with Gasteiger partial charge in [-0.25, -0.2) is 0 Å². The molecule has 0 amide bonds. The summed E-state index contributed by atoms with van der Waals surface area (Å²) in [5, 5.41) is 10.2. The van der Waals surface area contributed by atoms with Gasteiger partial charge in [0, 0.05) is 23.8 Å². The Bertz CT molecular complexity index is 782. The lowest BCUT2D eigenvalue weighted by Gasteiger charge is -2.60. The van der Waals surface area contributed by atoms with Crippen LogP contribution >= 0.6 is 23.5 Å². The van der Waals surface area contributed by atoms with Crippen molar-refractivity contribution in [2.45, 2.75) is 75.9 Å². The Labute approximate surface area is 183 Å². The van der Waals surface area contributed by atoms with E-state index in [0.29, 0.717) is 21.8 Å². The summed E-state index contributed by atoms with van der Waals surface area (Å²) in [5.74, 6) is 4.06. The number of nitriles is 1. The molecule has 1 heterocycles. The van der Waals surface area contributed by atoms with E-state index in [9.17, 15) is 10.1 Å². The minimum Gasteiger partial charge on any atom is -0.462 e. The third-order valence-corrected chi connectivity index (χ3v) is 12.7. The molecule has 1 aliphatic heterocycles. The first-order chi connectivity index (χ1) is 13.8. The molecule has 0 unspecified atom stereocenters. The number of carbonyl (C=O) groups is 1. The summed E-state index contributed by atoms with van der Waals surface area (Å²) < 4.78 is 6.08. The second kappa shape index (κ2) is 6.95. The smallest absolute Gasteiger partial charge is 0.302 e. The fourth-order valence-corrected chi connectivity index (χ4v) is 11.0. The van der Waals surface area contributed by atoms with E-state index in [0.717, 1.165) is 25.7 Å². The quantitative estimate of drug-likeness (QED) is 0.387. The number of allylic oxidation sites excluding steroid dienone is 1. The van der Waals surface area contributed by atoms with Crippen LogP contribution in [0.3, 0.4) is 0 Å². The summed E-state index contributed by atoms with van der Waals surface area (Å²) in [4.78, 5) is 11.7. The molecule has 4 aliphatic carbocycles. The van der Waals surface area contributed by atoms with Crippen molar-refractivity contribution in [2.75, 3.05) is 11.5 Å². The zero-order valence-electron chi connectivity index (χ0n) is 17.9. The molecule has 0 bridgehead atoms. The average molecular weight is 432 g/mol. The van der Waals surface area contributed by atoms with Gasteiger partial charge in [-0.1, -0.05) is 25.5 Å². The van der Waals surface area contributed by atoms with Crippen molar-refractivity contribution in [3.8, 4) is 6.07 Å². The highest BCUT2D eigenvalue weighted by Crippen LogP contribution is 2.69. The van der Waals surface area contributed by atoms with Gasteiger partial charge in [0.1, 0.15) is 6.10 Å². The van der Waals surface area contributed by atoms with Crippen LogP contribution in [-0.4, -0.2) is 27.7 Å². The van der Waals surface area contributed by atoms with Gasteiger partial charge in [-0.3, -0.25) is 4.79 Å². The number of thioether (sulfide) groups is 2. The molecule has 158 valence electrons. The minimum absolute atomic E-state index is 0.0379. The number of nitrogens with zero attached hydrogens (tertiary/aromatic N) is 1. The van der Waals surface area contributed by atoms with Crippen LogP contribution in [-0.2, 0) is 9.53 Å². The van der Waals surface area contributed by atoms with Gasteiger partial charge >= 0.3 is 5.97 Å². The van der Waals surface area contributed by atoms with Crippen molar-refractivity contribution in [1.82, 2.24) is 0 Å². The summed E-state index contributed by atoms with van der Waals surface area (Å²) >= 11 is 4.27. The topological polar surface area (TPSA) is 50.1 Å². The molecule has 0 N–H and O–H groups in total. The molecule has 5 heteroatoms. The molecule has 5 aliphatic rings. The molecule has 0 aromatic carbocycles. The molecular formula is C24H33NO2S2. The summed E-state index contributed by atoms with van der Waals surface area (Å²) in [6.07, 6.45) is 10.6. The molecule has 1 spiro atoms. The highest BCUT2D eigenvalue weighted by molar-refractivity contribution is 8.21. The standard InChI is InChI=1S/C24H33NO2S2/c1-15(26)27-20-5-4-18-21-16(14-25)12-17-13-24(28-10-11-29-24)9-8-22(17,2)19(21)6-7-23(18,20)3/h13,16,18-21H,4-12H2,1-3H3/t16-,18-,19-,20-,21-,22-,23-/m0/s1. The van der Waals surface area contributed by atoms with Crippen LogP contribution in [0.2, 0.25) is 0 Å². The van der Waals surface area contributed by atoms with Gasteiger partial charge in [0.25, 0.3) is 0 Å². The highest BCUT2D eigenvalue weighted by atomic mass is 32.2. The SMILES string of the molecule is CC(=O)O[C@H]1CC[C@H]2[C@@H]3[C@H](C#N)CC4=CC5(CC[C@]4(C)[C@H]3CC[C@]12C)SCCS5. The largest absolute Gasteiger partial charge is 0.462 e. The van der Waals surface area contributed by atoms with E-state index in [2.05, 4.69) is 49.5 Å². The molecule has 3 saturated carbocycles. The van der Waals surface area contributed by atoms with E-state index in [-0.39, 0.29) is 28.8 Å². The van der Waals surface area contributed by atoms with Gasteiger partial charge in [-0.05, 0) is 68.1 Å². The molecule has 5 rings (SSSR count). The number of carbonyl (C=O) groups excluding carboxylic acids is 1. The maximum atomic E-state index is 11.7. The maximum Gasteiger partial charge on any atom is 0.302 e. The van der Waals surface area contributed by atoms with Crippen LogP contribution in [0.5, 0.6) is 0 Å². The summed E-state index contributed by atoms with van der Waals surface area (Å²) in [5.41, 5.74) is 1.90. The van der Waals surface area contributed by atoms with Crippen LogP contribution in [0, 0.1) is 45.8 Å². The van der Waals surface area contributed by atoms with Gasteiger partial charge in [-0.15, -0.1) is 23.5 Å². The number of ether oxygens (including phenoxy) is 1. The third kappa shape index (κ3) is 2.95. The predicted molar refractivity (Wildman–Crippen MR) is 119 cm³/mol. The zero-order valence-corrected chi connectivity index (χ0v) is 19.5. The predicted octanol–water partition coefficient (Wildman–Crippen LogP) is 5.81. The van der Waals surface area contributed by atoms with Crippen molar-refractivity contribution >= 4 is 29.5 Å². The molecule has 0 radical (unpaired) electrons. The molecule has 29 heavy (non-hydrogen) atoms. The number of rotatable bonds is 1. The fraction of sp³-hybridized carbons (Fsp3) is 0.833. The van der Waals surface area contributed by atoms with Crippen molar-refractivity contribution in [3.05, 3.63) is 11.6 Å². The molecule has 4 fully saturated rings. The van der Waals surface area contributed by atoms with Crippen molar-refractivity contribution in [1.29, 1.82) is 5.26 Å². The molecule has 0 aromatic rings. The van der Waals surface area contributed by atoms with Crippen molar-refractivity contribution < 1.29 is 9.53 Å². The Kier molecular flexibility index (Phi) is 4.87. The van der Waals surface area contributed by atoms with Gasteiger partial charge < -0.3 is 4.74 Å². The molecule has 3 nitrogen and oxygen atoms in total. The lowest BCUT2D eigenvalue weighted by molar-refractivity contribution is -0.158. The van der Waals surface area contributed by atoms with E-state index < -0.39 is 0 Å². The van der Waals surface area contributed by atoms with E-state index in [1.807, 2.05) is 0 Å². The maximum absolute atomic E-state index is 11.7. The number of esters is 1. The lowest BCUT2D eigenvalue weighted by atomic mass is 9.45. The van der Waals surface area contributed by atoms with Crippen LogP contribution in [0.15, 0.2) is 11.6 Å². The number of fused-ring (bicyclic) bond motifs is 5. The fourth-order valence-electron chi connectivity index (χ4n) is 7.86. The van der Waals surface area contributed by atoms with Crippen LogP contribution in [0.4, 0.5) is 0 Å². The van der Waals surface area contributed by atoms with E-state index >= 15 is 0 Å². The van der Waals surface area contributed by atoms with Crippen LogP contribution in [0.25, 0.3) is 0 Å². The first-order valence-electron chi connectivity index (χ1n) is 11.4. The molecule has 1 saturated heterocycles. The third-order valence-electron chi connectivity index (χ3n) is 9.34. The molecular weight excluding hydrogens is 398 g/mol. The zero-order chi connectivity index (χ0) is 20.4. The first-order valence-corrected chi connectivity index (χ1v) is 13.4. The van der Waals surface area contributed by atoms with Crippen LogP contribution in [0.1, 0.15) is 65.7 Å². The Balaban J connectivity index is 1.49. The summed E-state index contributed by atoms with van der Waals surface area (Å²) in [6, 6.07) is 2.76. The van der Waals surface area contributed by atoms with E-state index in [1.165, 1.54) is 37.7 Å². The van der Waals surface area contributed by atoms with E-state index in [4.69, 9.17) is 4.74 Å². The average Bonchev–Trinajstić information content (AvgIpc) is 3.27. The van der Waals surface area contributed by atoms with Crippen LogP contribution < -0.4 is 0 Å². The minimum atomic E-state index is -0.152. The Morgan fingerprint density at radius 3 is 2.59 bits per heavy atom. The Morgan fingerprint density at radius 1 is 1.14 bits per heavy atom. The molecule has 0 aromatic heterocycles. The first kappa shape index (κ1) is 20.3. The normalized spacial score (nSPS) is 47.5. The summed E-state index contributed by atoms with van der Waals surface area (Å²) in [6.45, 7) is 6.40. The van der Waals surface area contributed by atoms with Gasteiger partial charge in [0.2, 0.25) is 0 Å². The Morgan fingerprint density at radius 2 is 1.90 bits per heavy atom. The molecule has 7 atom stereocenters.